The Bertz CT molecular complexity index is 978. The van der Waals surface area contributed by atoms with Gasteiger partial charge >= 0.3 is 0 Å². The van der Waals surface area contributed by atoms with Gasteiger partial charge in [-0.25, -0.2) is 0 Å². The van der Waals surface area contributed by atoms with Crippen LogP contribution in [0, 0.1) is 13.8 Å². The third kappa shape index (κ3) is 5.18. The maximum atomic E-state index is 6.06. The summed E-state index contributed by atoms with van der Waals surface area (Å²) in [5.74, 6) is 0. The first kappa shape index (κ1) is 19.1. The van der Waals surface area contributed by atoms with E-state index in [1.807, 2.05) is 54.7 Å². The first-order chi connectivity index (χ1) is 13.0. The summed E-state index contributed by atoms with van der Waals surface area (Å²) in [6.07, 6.45) is 3.76. The molecule has 0 aliphatic rings. The van der Waals surface area contributed by atoms with Gasteiger partial charge in [0.05, 0.1) is 11.9 Å². The van der Waals surface area contributed by atoms with Crippen LogP contribution < -0.4 is 10.7 Å². The van der Waals surface area contributed by atoms with Gasteiger partial charge in [-0.05, 0) is 73.1 Å². The van der Waals surface area contributed by atoms with Crippen LogP contribution >= 0.6 is 23.8 Å². The maximum Gasteiger partial charge on any atom is 0.191 e. The van der Waals surface area contributed by atoms with Crippen molar-refractivity contribution in [3.8, 4) is 0 Å². The minimum atomic E-state index is 0.452. The minimum Gasteiger partial charge on any atom is -0.342 e. The number of hydrogen-bond donors (Lipinski definition) is 2. The number of rotatable bonds is 5. The smallest absolute Gasteiger partial charge is 0.191 e. The van der Waals surface area contributed by atoms with Crippen molar-refractivity contribution in [2.24, 2.45) is 5.10 Å². The molecule has 0 saturated carbocycles. The number of hydrazone groups is 1. The molecule has 1 aromatic heterocycles. The number of halogens is 1. The number of thiocarbonyl (C=S) groups is 1. The SMILES string of the molecule is Cc1cccc(NC(=S)N/N=C\c2cccn2Cc2cccc(Cl)c2)c1C. The van der Waals surface area contributed by atoms with Crippen molar-refractivity contribution >= 4 is 40.8 Å². The van der Waals surface area contributed by atoms with Crippen LogP contribution in [-0.4, -0.2) is 15.9 Å². The van der Waals surface area contributed by atoms with Gasteiger partial charge in [-0.15, -0.1) is 0 Å². The summed E-state index contributed by atoms with van der Waals surface area (Å²) in [5.41, 5.74) is 8.33. The van der Waals surface area contributed by atoms with Gasteiger partial charge in [-0.3, -0.25) is 5.43 Å². The molecule has 2 aromatic carbocycles. The molecule has 0 bridgehead atoms. The summed E-state index contributed by atoms with van der Waals surface area (Å²) < 4.78 is 2.10. The molecule has 0 fully saturated rings. The zero-order valence-electron chi connectivity index (χ0n) is 15.2. The molecule has 4 nitrogen and oxygen atoms in total. The van der Waals surface area contributed by atoms with Gasteiger partial charge in [0.15, 0.2) is 5.11 Å². The normalized spacial score (nSPS) is 10.9. The highest BCUT2D eigenvalue weighted by Crippen LogP contribution is 2.17. The van der Waals surface area contributed by atoms with E-state index < -0.39 is 0 Å². The molecule has 138 valence electrons. The molecule has 0 aliphatic heterocycles. The van der Waals surface area contributed by atoms with Crippen LogP contribution in [0.1, 0.15) is 22.4 Å². The van der Waals surface area contributed by atoms with Crippen molar-refractivity contribution in [3.63, 3.8) is 0 Å². The number of hydrogen-bond acceptors (Lipinski definition) is 2. The standard InChI is InChI=1S/C21H21ClN4S/c1-15-6-3-10-20(16(15)2)24-21(27)25-23-13-19-9-5-11-26(19)14-17-7-4-8-18(22)12-17/h3-13H,14H2,1-2H3,(H2,24,25,27)/b23-13-. The van der Waals surface area contributed by atoms with E-state index in [1.54, 1.807) is 6.21 Å². The Labute approximate surface area is 169 Å². The summed E-state index contributed by atoms with van der Waals surface area (Å²) in [4.78, 5) is 0. The van der Waals surface area contributed by atoms with Gasteiger partial charge in [-0.2, -0.15) is 5.10 Å². The van der Waals surface area contributed by atoms with Gasteiger partial charge in [0, 0.05) is 23.5 Å². The Morgan fingerprint density at radius 1 is 1.15 bits per heavy atom. The van der Waals surface area contributed by atoms with Crippen LogP contribution in [0.25, 0.3) is 0 Å². The Hall–Kier alpha value is -2.63. The van der Waals surface area contributed by atoms with E-state index in [2.05, 4.69) is 40.3 Å². The number of aryl methyl sites for hydroxylation is 1. The molecule has 0 saturated heterocycles. The molecule has 6 heteroatoms. The fourth-order valence-corrected chi connectivity index (χ4v) is 3.09. The molecule has 27 heavy (non-hydrogen) atoms. The van der Waals surface area contributed by atoms with Crippen LogP contribution in [0.3, 0.4) is 0 Å². The summed E-state index contributed by atoms with van der Waals surface area (Å²) in [6.45, 7) is 4.86. The van der Waals surface area contributed by atoms with E-state index in [4.69, 9.17) is 23.8 Å². The number of benzene rings is 2. The lowest BCUT2D eigenvalue weighted by molar-refractivity contribution is 0.799. The second-order valence-corrected chi connectivity index (χ2v) is 7.11. The second-order valence-electron chi connectivity index (χ2n) is 6.26. The molecule has 1 heterocycles. The van der Waals surface area contributed by atoms with Gasteiger partial charge in [-0.1, -0.05) is 35.9 Å². The van der Waals surface area contributed by atoms with E-state index in [0.29, 0.717) is 5.11 Å². The third-order valence-corrected chi connectivity index (χ3v) is 4.75. The second kappa shape index (κ2) is 8.84. The highest BCUT2D eigenvalue weighted by molar-refractivity contribution is 7.80. The summed E-state index contributed by atoms with van der Waals surface area (Å²) in [7, 11) is 0. The fourth-order valence-electron chi connectivity index (χ4n) is 2.71. The fraction of sp³-hybridized carbons (Fsp3) is 0.143. The Kier molecular flexibility index (Phi) is 6.27. The Morgan fingerprint density at radius 3 is 2.78 bits per heavy atom. The lowest BCUT2D eigenvalue weighted by Gasteiger charge is -2.11. The summed E-state index contributed by atoms with van der Waals surface area (Å²) >= 11 is 11.4. The predicted molar refractivity (Wildman–Crippen MR) is 118 cm³/mol. The van der Waals surface area contributed by atoms with E-state index in [0.717, 1.165) is 28.5 Å². The molecule has 3 aromatic rings. The molecule has 0 unspecified atom stereocenters. The first-order valence-corrected chi connectivity index (χ1v) is 9.37. The van der Waals surface area contributed by atoms with Gasteiger partial charge in [0.2, 0.25) is 0 Å². The van der Waals surface area contributed by atoms with E-state index in [1.165, 1.54) is 11.1 Å². The molecule has 0 aliphatic carbocycles. The third-order valence-electron chi connectivity index (χ3n) is 4.32. The molecule has 0 spiro atoms. The van der Waals surface area contributed by atoms with E-state index in [-0.39, 0.29) is 0 Å². The van der Waals surface area contributed by atoms with Gasteiger partial charge in [0.1, 0.15) is 0 Å². The molecular weight excluding hydrogens is 376 g/mol. The monoisotopic (exact) mass is 396 g/mol. The topological polar surface area (TPSA) is 41.4 Å². The van der Waals surface area contributed by atoms with Crippen LogP contribution in [0.15, 0.2) is 65.9 Å². The number of nitrogens with one attached hydrogen (secondary N) is 2. The quantitative estimate of drug-likeness (QED) is 0.357. The summed E-state index contributed by atoms with van der Waals surface area (Å²) in [6, 6.07) is 17.9. The maximum absolute atomic E-state index is 6.06. The van der Waals surface area contributed by atoms with Crippen LogP contribution in [-0.2, 0) is 6.54 Å². The lowest BCUT2D eigenvalue weighted by Crippen LogP contribution is -2.24. The molecule has 0 amide bonds. The summed E-state index contributed by atoms with van der Waals surface area (Å²) in [5, 5.41) is 8.62. The van der Waals surface area contributed by atoms with Crippen molar-refractivity contribution in [2.75, 3.05) is 5.32 Å². The number of aromatic nitrogens is 1. The predicted octanol–water partition coefficient (Wildman–Crippen LogP) is 5.13. The lowest BCUT2D eigenvalue weighted by atomic mass is 10.1. The molecular formula is C21H21ClN4S. The largest absolute Gasteiger partial charge is 0.342 e. The highest BCUT2D eigenvalue weighted by atomic mass is 35.5. The van der Waals surface area contributed by atoms with Crippen molar-refractivity contribution < 1.29 is 0 Å². The zero-order valence-corrected chi connectivity index (χ0v) is 16.8. The van der Waals surface area contributed by atoms with Crippen LogP contribution in [0.2, 0.25) is 5.02 Å². The molecule has 0 radical (unpaired) electrons. The average molecular weight is 397 g/mol. The molecule has 2 N–H and O–H groups in total. The average Bonchev–Trinajstić information content (AvgIpc) is 3.06. The van der Waals surface area contributed by atoms with E-state index in [9.17, 15) is 0 Å². The molecule has 3 rings (SSSR count). The highest BCUT2D eigenvalue weighted by Gasteiger charge is 2.03. The van der Waals surface area contributed by atoms with Crippen molar-refractivity contribution in [1.82, 2.24) is 9.99 Å². The van der Waals surface area contributed by atoms with Crippen LogP contribution in [0.4, 0.5) is 5.69 Å². The minimum absolute atomic E-state index is 0.452. The number of anilines is 1. The van der Waals surface area contributed by atoms with Crippen molar-refractivity contribution in [3.05, 3.63) is 88.2 Å². The van der Waals surface area contributed by atoms with Gasteiger partial charge < -0.3 is 9.88 Å². The van der Waals surface area contributed by atoms with E-state index >= 15 is 0 Å². The van der Waals surface area contributed by atoms with Crippen LogP contribution in [0.5, 0.6) is 0 Å². The Balaban J connectivity index is 1.61. The Morgan fingerprint density at radius 2 is 1.96 bits per heavy atom. The zero-order chi connectivity index (χ0) is 19.2. The number of nitrogens with zero attached hydrogens (tertiary/aromatic N) is 2. The van der Waals surface area contributed by atoms with Gasteiger partial charge in [0.25, 0.3) is 0 Å². The van der Waals surface area contributed by atoms with Crippen molar-refractivity contribution in [2.45, 2.75) is 20.4 Å². The van der Waals surface area contributed by atoms with Crippen molar-refractivity contribution in [1.29, 1.82) is 0 Å². The first-order valence-electron chi connectivity index (χ1n) is 8.59. The molecule has 0 atom stereocenters.